The number of thiol groups is 1. The summed E-state index contributed by atoms with van der Waals surface area (Å²) in [5.41, 5.74) is 5.39. The molecule has 1 aromatic rings. The number of aromatic nitrogens is 2. The molecule has 3 nitrogen and oxygen atoms in total. The van der Waals surface area contributed by atoms with E-state index in [4.69, 9.17) is 5.73 Å². The molecule has 0 radical (unpaired) electrons. The number of hydrogen-bond acceptors (Lipinski definition) is 5. The third kappa shape index (κ3) is 1.60. The van der Waals surface area contributed by atoms with E-state index in [1.807, 2.05) is 13.8 Å². The zero-order chi connectivity index (χ0) is 7.78. The third-order valence-electron chi connectivity index (χ3n) is 0.964. The van der Waals surface area contributed by atoms with Gasteiger partial charge in [0, 0.05) is 0 Å². The molecule has 1 heterocycles. The molecule has 0 amide bonds. The normalized spacial score (nSPS) is 11.9. The van der Waals surface area contributed by atoms with E-state index < -0.39 is 0 Å². The Balaban J connectivity index is 2.96. The lowest BCUT2D eigenvalue weighted by molar-refractivity contribution is 0.762. The number of nitrogens with two attached hydrogens (primary N) is 1. The number of rotatable bonds is 1. The summed E-state index contributed by atoms with van der Waals surface area (Å²) in [5.74, 6) is 0. The Morgan fingerprint density at radius 1 is 1.50 bits per heavy atom. The van der Waals surface area contributed by atoms with Crippen LogP contribution < -0.4 is 5.73 Å². The van der Waals surface area contributed by atoms with Crippen LogP contribution >= 0.6 is 24.0 Å². The van der Waals surface area contributed by atoms with Gasteiger partial charge in [-0.15, -0.1) is 10.2 Å². The Hall–Kier alpha value is -0.290. The second-order valence-electron chi connectivity index (χ2n) is 2.50. The van der Waals surface area contributed by atoms with Crippen LogP contribution in [0.1, 0.15) is 18.9 Å². The van der Waals surface area contributed by atoms with E-state index in [1.54, 1.807) is 0 Å². The van der Waals surface area contributed by atoms with Gasteiger partial charge in [-0.3, -0.25) is 0 Å². The summed E-state index contributed by atoms with van der Waals surface area (Å²) < 4.78 is -0.227. The van der Waals surface area contributed by atoms with E-state index in [1.165, 1.54) is 11.3 Å². The first-order valence-corrected chi connectivity index (χ1v) is 4.08. The van der Waals surface area contributed by atoms with Crippen molar-refractivity contribution in [3.63, 3.8) is 0 Å². The van der Waals surface area contributed by atoms with Gasteiger partial charge in [-0.05, 0) is 13.8 Å². The standard InChI is InChI=1S/C5H9N3S2/c1-5(2,9)3-7-8-4(6)10-3/h9H,1-2H3,(H2,6,8). The molecule has 0 aliphatic carbocycles. The zero-order valence-corrected chi connectivity index (χ0v) is 7.54. The number of nitrogen functional groups attached to an aromatic ring is 1. The number of nitrogens with zero attached hydrogens (tertiary/aromatic N) is 2. The fourth-order valence-corrected chi connectivity index (χ4v) is 1.27. The molecule has 0 bridgehead atoms. The molecule has 0 aromatic carbocycles. The van der Waals surface area contributed by atoms with E-state index in [9.17, 15) is 0 Å². The molecule has 5 heteroatoms. The van der Waals surface area contributed by atoms with Crippen LogP contribution in [0.15, 0.2) is 0 Å². The second kappa shape index (κ2) is 2.39. The van der Waals surface area contributed by atoms with Crippen LogP contribution in [0.5, 0.6) is 0 Å². The molecular formula is C5H9N3S2. The van der Waals surface area contributed by atoms with Crippen molar-refractivity contribution in [2.75, 3.05) is 5.73 Å². The zero-order valence-electron chi connectivity index (χ0n) is 5.83. The number of anilines is 1. The lowest BCUT2D eigenvalue weighted by Gasteiger charge is -2.10. The van der Waals surface area contributed by atoms with E-state index in [0.29, 0.717) is 5.13 Å². The molecule has 0 atom stereocenters. The fraction of sp³-hybridized carbons (Fsp3) is 0.600. The van der Waals surface area contributed by atoms with Crippen molar-refractivity contribution in [3.05, 3.63) is 5.01 Å². The smallest absolute Gasteiger partial charge is 0.203 e. The van der Waals surface area contributed by atoms with E-state index in [0.717, 1.165) is 5.01 Å². The predicted molar refractivity (Wildman–Crippen MR) is 46.3 cm³/mol. The van der Waals surface area contributed by atoms with Gasteiger partial charge in [-0.25, -0.2) is 0 Å². The first-order chi connectivity index (χ1) is 4.50. The highest BCUT2D eigenvalue weighted by molar-refractivity contribution is 7.81. The summed E-state index contributed by atoms with van der Waals surface area (Å²) in [6.45, 7) is 3.91. The molecule has 2 N–H and O–H groups in total. The monoisotopic (exact) mass is 175 g/mol. The van der Waals surface area contributed by atoms with Crippen LogP contribution in [0.2, 0.25) is 0 Å². The topological polar surface area (TPSA) is 51.8 Å². The Morgan fingerprint density at radius 2 is 2.10 bits per heavy atom. The molecular weight excluding hydrogens is 166 g/mol. The van der Waals surface area contributed by atoms with Gasteiger partial charge in [0.05, 0.1) is 4.75 Å². The summed E-state index contributed by atoms with van der Waals surface area (Å²) in [4.78, 5) is 0. The first-order valence-electron chi connectivity index (χ1n) is 2.82. The van der Waals surface area contributed by atoms with E-state index in [2.05, 4.69) is 22.8 Å². The summed E-state index contributed by atoms with van der Waals surface area (Å²) >= 11 is 5.68. The fourth-order valence-electron chi connectivity index (χ4n) is 0.482. The van der Waals surface area contributed by atoms with Crippen LogP contribution in [0.3, 0.4) is 0 Å². The summed E-state index contributed by atoms with van der Waals surface area (Å²) in [6, 6.07) is 0. The van der Waals surface area contributed by atoms with Crippen molar-refractivity contribution < 1.29 is 0 Å². The predicted octanol–water partition coefficient (Wildman–Crippen LogP) is 1.29. The molecule has 0 spiro atoms. The van der Waals surface area contributed by atoms with E-state index >= 15 is 0 Å². The third-order valence-corrected chi connectivity index (χ3v) is 2.40. The Labute approximate surface area is 69.1 Å². The minimum Gasteiger partial charge on any atom is -0.374 e. The molecule has 0 fully saturated rings. The number of hydrogen-bond donors (Lipinski definition) is 2. The molecule has 56 valence electrons. The van der Waals surface area contributed by atoms with Crippen LogP contribution in [0, 0.1) is 0 Å². The summed E-state index contributed by atoms with van der Waals surface area (Å²) in [7, 11) is 0. The molecule has 0 aliphatic rings. The van der Waals surface area contributed by atoms with Crippen molar-refractivity contribution in [2.45, 2.75) is 18.6 Å². The van der Waals surface area contributed by atoms with Crippen LogP contribution in [-0.4, -0.2) is 10.2 Å². The average Bonchev–Trinajstić information content (AvgIpc) is 2.11. The molecule has 0 saturated carbocycles. The van der Waals surface area contributed by atoms with Gasteiger partial charge in [-0.2, -0.15) is 12.6 Å². The van der Waals surface area contributed by atoms with Gasteiger partial charge < -0.3 is 5.73 Å². The molecule has 1 aromatic heterocycles. The van der Waals surface area contributed by atoms with Crippen molar-refractivity contribution in [1.29, 1.82) is 0 Å². The summed E-state index contributed by atoms with van der Waals surface area (Å²) in [6.07, 6.45) is 0. The lowest BCUT2D eigenvalue weighted by atomic mass is 10.2. The van der Waals surface area contributed by atoms with Crippen molar-refractivity contribution >= 4 is 29.1 Å². The quantitative estimate of drug-likeness (QED) is 0.632. The van der Waals surface area contributed by atoms with Crippen LogP contribution in [-0.2, 0) is 4.75 Å². The van der Waals surface area contributed by atoms with Crippen molar-refractivity contribution in [2.24, 2.45) is 0 Å². The SMILES string of the molecule is CC(C)(S)c1nnc(N)s1. The maximum Gasteiger partial charge on any atom is 0.203 e. The second-order valence-corrected chi connectivity index (χ2v) is 4.63. The van der Waals surface area contributed by atoms with Gasteiger partial charge in [0.25, 0.3) is 0 Å². The largest absolute Gasteiger partial charge is 0.374 e. The van der Waals surface area contributed by atoms with Gasteiger partial charge >= 0.3 is 0 Å². The highest BCUT2D eigenvalue weighted by Crippen LogP contribution is 2.29. The maximum absolute atomic E-state index is 5.39. The molecule has 0 saturated heterocycles. The van der Waals surface area contributed by atoms with Crippen molar-refractivity contribution in [3.8, 4) is 0 Å². The maximum atomic E-state index is 5.39. The minimum absolute atomic E-state index is 0.227. The van der Waals surface area contributed by atoms with E-state index in [-0.39, 0.29) is 4.75 Å². The molecule has 10 heavy (non-hydrogen) atoms. The molecule has 0 unspecified atom stereocenters. The summed E-state index contributed by atoms with van der Waals surface area (Å²) in [5, 5.41) is 8.89. The highest BCUT2D eigenvalue weighted by atomic mass is 32.1. The van der Waals surface area contributed by atoms with Crippen LogP contribution in [0.4, 0.5) is 5.13 Å². The minimum atomic E-state index is -0.227. The van der Waals surface area contributed by atoms with Crippen LogP contribution in [0.25, 0.3) is 0 Å². The van der Waals surface area contributed by atoms with Gasteiger partial charge in [-0.1, -0.05) is 11.3 Å². The Bertz CT molecular complexity index is 225. The van der Waals surface area contributed by atoms with Gasteiger partial charge in [0.15, 0.2) is 0 Å². The Morgan fingerprint density at radius 3 is 2.30 bits per heavy atom. The van der Waals surface area contributed by atoms with Gasteiger partial charge in [0.2, 0.25) is 5.13 Å². The molecule has 1 rings (SSSR count). The average molecular weight is 175 g/mol. The first kappa shape index (κ1) is 7.81. The van der Waals surface area contributed by atoms with Gasteiger partial charge in [0.1, 0.15) is 5.01 Å². The lowest BCUT2D eigenvalue weighted by Crippen LogP contribution is -2.06. The Kier molecular flexibility index (Phi) is 1.87. The molecule has 0 aliphatic heterocycles. The highest BCUT2D eigenvalue weighted by Gasteiger charge is 2.19. The van der Waals surface area contributed by atoms with Crippen molar-refractivity contribution in [1.82, 2.24) is 10.2 Å².